The number of aromatic hydroxyl groups is 1. The lowest BCUT2D eigenvalue weighted by atomic mass is 9.83. The van der Waals surface area contributed by atoms with Gasteiger partial charge in [0.05, 0.1) is 32.2 Å². The molecule has 0 saturated carbocycles. The van der Waals surface area contributed by atoms with Crippen LogP contribution < -0.4 is 10.1 Å². The number of nitrogens with two attached hydrogens (primary N) is 1. The van der Waals surface area contributed by atoms with Gasteiger partial charge in [0, 0.05) is 22.8 Å². The van der Waals surface area contributed by atoms with Crippen molar-refractivity contribution in [2.75, 3.05) is 26.3 Å². The average molecular weight is 369 g/mol. The molecule has 1 atom stereocenters. The summed E-state index contributed by atoms with van der Waals surface area (Å²) < 4.78 is 24.4. The van der Waals surface area contributed by atoms with Crippen LogP contribution in [0.15, 0.2) is 48.0 Å². The van der Waals surface area contributed by atoms with E-state index in [-0.39, 0.29) is 23.0 Å². The molecule has 2 aromatic carbocycles. The molecule has 2 heterocycles. The molecule has 27 heavy (non-hydrogen) atoms. The highest BCUT2D eigenvalue weighted by Crippen LogP contribution is 2.42. The third-order valence-corrected chi connectivity index (χ3v) is 4.32. The van der Waals surface area contributed by atoms with Crippen molar-refractivity contribution in [2.24, 2.45) is 0 Å². The number of benzene rings is 2. The standard InChI is InChI=1S/C16H10FN2O2.C4H9NO/c17-13-4-2-1-3-10(13)15-11-6-5-9(20)7-14(11)21-16(19)12(15)8-18;1-3-6-4-2-5-1/h1-7,15,19-20H;5H,1-4H2/q-1;/p+1. The van der Waals surface area contributed by atoms with Crippen LogP contribution in [0.25, 0.3) is 5.41 Å². The number of ether oxygens (including phenoxy) is 2. The molecule has 4 rings (SSSR count). The summed E-state index contributed by atoms with van der Waals surface area (Å²) in [5, 5.41) is 28.9. The lowest BCUT2D eigenvalue weighted by Crippen LogP contribution is -2.87. The Morgan fingerprint density at radius 2 is 1.89 bits per heavy atom. The van der Waals surface area contributed by atoms with Gasteiger partial charge in [-0.25, -0.2) is 4.39 Å². The summed E-state index contributed by atoms with van der Waals surface area (Å²) in [5.41, 5.74) is 0.887. The quantitative estimate of drug-likeness (QED) is 0.668. The number of halogens is 1. The van der Waals surface area contributed by atoms with Crippen LogP contribution in [0.2, 0.25) is 0 Å². The Balaban J connectivity index is 0.000000299. The lowest BCUT2D eigenvalue weighted by molar-refractivity contribution is -0.670. The van der Waals surface area contributed by atoms with Crippen LogP contribution in [-0.4, -0.2) is 43.2 Å². The SMILES string of the molecule is C1COCC[NH2+]1.[N-]=C=C1C(=N)Oc2cc(O)ccc2C1c1ccccc1F. The van der Waals surface area contributed by atoms with Crippen LogP contribution in [0.3, 0.4) is 0 Å². The molecule has 0 aliphatic carbocycles. The first-order chi connectivity index (χ1) is 13.1. The molecule has 0 amide bonds. The van der Waals surface area contributed by atoms with Gasteiger partial charge >= 0.3 is 0 Å². The molecule has 1 unspecified atom stereocenters. The number of phenols is 1. The van der Waals surface area contributed by atoms with Gasteiger partial charge in [-0.3, -0.25) is 11.3 Å². The molecule has 4 N–H and O–H groups in total. The lowest BCUT2D eigenvalue weighted by Gasteiger charge is -2.29. The number of quaternary nitrogens is 1. The van der Waals surface area contributed by atoms with E-state index in [4.69, 9.17) is 14.9 Å². The molecule has 0 bridgehead atoms. The van der Waals surface area contributed by atoms with Crippen LogP contribution in [-0.2, 0) is 4.74 Å². The molecule has 1 fully saturated rings. The van der Waals surface area contributed by atoms with Gasteiger partial charge in [-0.1, -0.05) is 24.3 Å². The summed E-state index contributed by atoms with van der Waals surface area (Å²) in [6.45, 7) is 4.19. The van der Waals surface area contributed by atoms with Crippen LogP contribution in [0.5, 0.6) is 11.5 Å². The van der Waals surface area contributed by atoms with Crippen molar-refractivity contribution in [3.8, 4) is 11.5 Å². The van der Waals surface area contributed by atoms with Gasteiger partial charge in [0.1, 0.15) is 17.3 Å². The maximum absolute atomic E-state index is 14.1. The summed E-state index contributed by atoms with van der Waals surface area (Å²) in [5.74, 6) is 0.661. The van der Waals surface area contributed by atoms with Crippen LogP contribution in [0.1, 0.15) is 17.0 Å². The van der Waals surface area contributed by atoms with E-state index in [1.54, 1.807) is 24.3 Å². The highest BCUT2D eigenvalue weighted by atomic mass is 19.1. The predicted molar refractivity (Wildman–Crippen MR) is 99.1 cm³/mol. The fraction of sp³-hybridized carbons (Fsp3) is 0.250. The van der Waals surface area contributed by atoms with Crippen molar-refractivity contribution in [1.29, 1.82) is 5.41 Å². The highest BCUT2D eigenvalue weighted by Gasteiger charge is 2.32. The van der Waals surface area contributed by atoms with E-state index in [1.807, 2.05) is 5.87 Å². The van der Waals surface area contributed by atoms with Gasteiger partial charge in [-0.15, -0.1) is 0 Å². The third-order valence-electron chi connectivity index (χ3n) is 4.32. The molecule has 0 radical (unpaired) electrons. The molecule has 140 valence electrons. The minimum atomic E-state index is -0.715. The van der Waals surface area contributed by atoms with Crippen molar-refractivity contribution in [3.05, 3.63) is 70.4 Å². The van der Waals surface area contributed by atoms with Crippen molar-refractivity contribution < 1.29 is 24.3 Å². The minimum Gasteiger partial charge on any atom is -0.763 e. The monoisotopic (exact) mass is 369 g/mol. The molecule has 6 nitrogen and oxygen atoms in total. The fourth-order valence-corrected chi connectivity index (χ4v) is 3.03. The predicted octanol–water partition coefficient (Wildman–Crippen LogP) is 1.78. The van der Waals surface area contributed by atoms with Gasteiger partial charge in [0.25, 0.3) is 0 Å². The third kappa shape index (κ3) is 4.23. The zero-order chi connectivity index (χ0) is 19.2. The molecule has 0 aromatic heterocycles. The van der Waals surface area contributed by atoms with Crippen molar-refractivity contribution in [2.45, 2.75) is 5.92 Å². The smallest absolute Gasteiger partial charge is 0.222 e. The summed E-state index contributed by atoms with van der Waals surface area (Å²) in [6.07, 6.45) is 0. The maximum Gasteiger partial charge on any atom is 0.222 e. The number of hydrogen-bond acceptors (Lipinski definition) is 4. The van der Waals surface area contributed by atoms with Gasteiger partial charge in [0.2, 0.25) is 5.90 Å². The summed E-state index contributed by atoms with van der Waals surface area (Å²) >= 11 is 0. The number of fused-ring (bicyclic) bond motifs is 1. The van der Waals surface area contributed by atoms with Gasteiger partial charge in [-0.2, -0.15) is 0 Å². The van der Waals surface area contributed by atoms with Crippen molar-refractivity contribution >= 4 is 11.8 Å². The second kappa shape index (κ2) is 8.60. The van der Waals surface area contributed by atoms with E-state index in [1.165, 1.54) is 18.2 Å². The number of morpholine rings is 1. The highest BCUT2D eigenvalue weighted by molar-refractivity contribution is 6.05. The van der Waals surface area contributed by atoms with Gasteiger partial charge in [-0.05, 0) is 12.1 Å². The molecule has 0 spiro atoms. The number of nitrogens with zero attached hydrogens (tertiary/aromatic N) is 1. The van der Waals surface area contributed by atoms with Crippen LogP contribution >= 0.6 is 0 Å². The Bertz CT molecular complexity index is 878. The van der Waals surface area contributed by atoms with E-state index in [0.29, 0.717) is 11.1 Å². The van der Waals surface area contributed by atoms with E-state index in [0.717, 1.165) is 26.3 Å². The van der Waals surface area contributed by atoms with E-state index < -0.39 is 11.7 Å². The Morgan fingerprint density at radius 3 is 2.48 bits per heavy atom. The molecular formula is C20H20FN3O3. The molecule has 2 aliphatic heterocycles. The number of phenolic OH excluding ortho intramolecular Hbond substituents is 1. The molecule has 2 aromatic rings. The summed E-state index contributed by atoms with van der Waals surface area (Å²) in [4.78, 5) is 0. The van der Waals surface area contributed by atoms with Crippen molar-refractivity contribution in [1.82, 2.24) is 0 Å². The fourth-order valence-electron chi connectivity index (χ4n) is 3.03. The first kappa shape index (κ1) is 18.8. The van der Waals surface area contributed by atoms with Crippen molar-refractivity contribution in [3.63, 3.8) is 0 Å². The van der Waals surface area contributed by atoms with E-state index in [9.17, 15) is 14.9 Å². The molecular weight excluding hydrogens is 349 g/mol. The Labute approximate surface area is 156 Å². The van der Waals surface area contributed by atoms with Crippen LogP contribution in [0.4, 0.5) is 4.39 Å². The first-order valence-electron chi connectivity index (χ1n) is 8.62. The Kier molecular flexibility index (Phi) is 5.98. The van der Waals surface area contributed by atoms with E-state index >= 15 is 0 Å². The number of rotatable bonds is 1. The summed E-state index contributed by atoms with van der Waals surface area (Å²) in [6, 6.07) is 10.5. The summed E-state index contributed by atoms with van der Waals surface area (Å²) in [7, 11) is 0. The second-order valence-corrected chi connectivity index (χ2v) is 6.11. The molecule has 2 aliphatic rings. The van der Waals surface area contributed by atoms with Gasteiger partial charge in [0.15, 0.2) is 0 Å². The molecule has 1 saturated heterocycles. The Morgan fingerprint density at radius 1 is 1.15 bits per heavy atom. The minimum absolute atomic E-state index is 0.0192. The molecule has 7 heteroatoms. The number of nitrogens with one attached hydrogen (secondary N) is 1. The topological polar surface area (TPSA) is 101 Å². The van der Waals surface area contributed by atoms with Gasteiger partial charge < -0.3 is 25.3 Å². The van der Waals surface area contributed by atoms with E-state index in [2.05, 4.69) is 5.32 Å². The largest absolute Gasteiger partial charge is 0.763 e. The second-order valence-electron chi connectivity index (χ2n) is 6.11. The average Bonchev–Trinajstić information content (AvgIpc) is 2.69. The first-order valence-corrected chi connectivity index (χ1v) is 8.62. The normalized spacial score (nSPS) is 18.5. The Hall–Kier alpha value is -2.99. The number of hydrogen-bond donors (Lipinski definition) is 3. The zero-order valence-corrected chi connectivity index (χ0v) is 14.6. The zero-order valence-electron chi connectivity index (χ0n) is 14.6. The van der Waals surface area contributed by atoms with Crippen LogP contribution in [0, 0.1) is 11.2 Å². The maximum atomic E-state index is 14.1.